The molecule has 26 heavy (non-hydrogen) atoms. The molecule has 0 aliphatic rings. The molecule has 0 aromatic carbocycles. The average molecular weight is 373 g/mol. The molecule has 4 amide bonds. The minimum atomic E-state index is -1.32. The Kier molecular flexibility index (Phi) is 9.27. The molecule has 0 bridgehead atoms. The highest BCUT2D eigenvalue weighted by Gasteiger charge is 2.32. The van der Waals surface area contributed by atoms with Gasteiger partial charge in [-0.25, -0.2) is 0 Å². The van der Waals surface area contributed by atoms with E-state index < -0.39 is 47.7 Å². The summed E-state index contributed by atoms with van der Waals surface area (Å²) in [5.74, 6) is -4.33. The van der Waals surface area contributed by atoms with E-state index in [0.29, 0.717) is 24.7 Å². The summed E-state index contributed by atoms with van der Waals surface area (Å²) >= 11 is 0. The van der Waals surface area contributed by atoms with E-state index >= 15 is 0 Å². The van der Waals surface area contributed by atoms with Gasteiger partial charge in [-0.3, -0.25) is 28.9 Å². The van der Waals surface area contributed by atoms with E-state index in [-0.39, 0.29) is 6.42 Å². The van der Waals surface area contributed by atoms with Crippen LogP contribution in [0.4, 0.5) is 0 Å². The number of hydrogen-bond donors (Lipinski definition) is 4. The number of carboxylic acid groups (broad SMARTS) is 1. The topological polar surface area (TPSA) is 159 Å². The van der Waals surface area contributed by atoms with Crippen molar-refractivity contribution in [2.45, 2.75) is 65.1 Å². The van der Waals surface area contributed by atoms with Crippen LogP contribution in [0.1, 0.15) is 47.0 Å². The van der Waals surface area contributed by atoms with Crippen LogP contribution >= 0.6 is 0 Å². The molecule has 0 unspecified atom stereocenters. The van der Waals surface area contributed by atoms with Gasteiger partial charge >= 0.3 is 5.97 Å². The average Bonchev–Trinajstić information content (AvgIpc) is 2.57. The minimum Gasteiger partial charge on any atom is -0.480 e. The lowest BCUT2D eigenvalue weighted by atomic mass is 10.1. The minimum absolute atomic E-state index is 0.102. The third kappa shape index (κ3) is 7.60. The Morgan fingerprint density at radius 2 is 1.58 bits per heavy atom. The standard InChI is InChI=1S/C16H28N4O6/c1-9(14(23)19-10(2)16(25)26)18-15(24)13(7-5-6-8-17)20(11(3)21)12(4)22/h9-10,13H,5-8,17H2,1-4H3,(H,18,24)(H,19,23)(H,25,26)/t9-,10+,13+/m1/s1/i/hD. The number of nitrogens with two attached hydrogens (primary N) is 1. The predicted molar refractivity (Wildman–Crippen MR) is 92.7 cm³/mol. The molecule has 5 N–H and O–H groups in total. The second-order valence-electron chi connectivity index (χ2n) is 5.92. The van der Waals surface area contributed by atoms with Crippen LogP contribution in [0.15, 0.2) is 0 Å². The Labute approximate surface area is 153 Å². The first-order valence-corrected chi connectivity index (χ1v) is 8.31. The van der Waals surface area contributed by atoms with E-state index in [1.807, 2.05) is 0 Å². The van der Waals surface area contributed by atoms with E-state index in [1.165, 1.54) is 13.8 Å². The van der Waals surface area contributed by atoms with Gasteiger partial charge < -0.3 is 21.5 Å². The van der Waals surface area contributed by atoms with Gasteiger partial charge in [-0.2, -0.15) is 0 Å². The maximum Gasteiger partial charge on any atom is 0.325 e. The molecule has 0 fully saturated rings. The summed E-state index contributed by atoms with van der Waals surface area (Å²) in [6.07, 6.45) is 1.09. The number of amides is 4. The summed E-state index contributed by atoms with van der Waals surface area (Å²) in [5.41, 5.74) is 5.42. The van der Waals surface area contributed by atoms with Gasteiger partial charge in [-0.1, -0.05) is 0 Å². The molecule has 0 saturated heterocycles. The van der Waals surface area contributed by atoms with Crippen molar-refractivity contribution in [2.24, 2.45) is 5.73 Å². The van der Waals surface area contributed by atoms with Crippen LogP contribution < -0.4 is 16.4 Å². The molecule has 0 spiro atoms. The molecule has 10 heteroatoms. The molecule has 0 radical (unpaired) electrons. The second kappa shape index (κ2) is 11.2. The smallest absolute Gasteiger partial charge is 0.325 e. The molecular weight excluding hydrogens is 344 g/mol. The van der Waals surface area contributed by atoms with Crippen molar-refractivity contribution in [1.82, 2.24) is 15.5 Å². The summed E-state index contributed by atoms with van der Waals surface area (Å²) in [6, 6.07) is -3.76. The molecule has 0 aromatic heterocycles. The number of nitrogens with zero attached hydrogens (tertiary/aromatic N) is 1. The largest absolute Gasteiger partial charge is 0.480 e. The lowest BCUT2D eigenvalue weighted by molar-refractivity contribution is -0.150. The molecule has 0 heterocycles. The first kappa shape index (κ1) is 21.6. The van der Waals surface area contributed by atoms with Gasteiger partial charge in [0.25, 0.3) is 0 Å². The van der Waals surface area contributed by atoms with Crippen LogP contribution in [0.25, 0.3) is 0 Å². The van der Waals surface area contributed by atoms with Crippen LogP contribution in [-0.4, -0.2) is 64.3 Å². The predicted octanol–water partition coefficient (Wildman–Crippen LogP) is -1.03. The highest BCUT2D eigenvalue weighted by atomic mass is 16.4. The fourth-order valence-electron chi connectivity index (χ4n) is 2.24. The first-order chi connectivity index (χ1) is 12.4. The van der Waals surface area contributed by atoms with E-state index in [9.17, 15) is 24.0 Å². The summed E-state index contributed by atoms with van der Waals surface area (Å²) in [6.45, 7) is 5.11. The Morgan fingerprint density at radius 3 is 2.00 bits per heavy atom. The van der Waals surface area contributed by atoms with Gasteiger partial charge in [-0.05, 0) is 39.7 Å². The van der Waals surface area contributed by atoms with Crippen LogP contribution in [-0.2, 0) is 24.0 Å². The Bertz CT molecular complexity index is 571. The number of hydrogen-bond acceptors (Lipinski definition) is 6. The molecule has 0 aliphatic carbocycles. The van der Waals surface area contributed by atoms with E-state index in [1.54, 1.807) is 0 Å². The van der Waals surface area contributed by atoms with Crippen molar-refractivity contribution in [3.05, 3.63) is 0 Å². The molecular formula is C16H28N4O6. The van der Waals surface area contributed by atoms with E-state index in [0.717, 1.165) is 18.7 Å². The number of nitrogens with one attached hydrogen (secondary N) is 2. The van der Waals surface area contributed by atoms with Crippen molar-refractivity contribution < 1.29 is 30.5 Å². The number of imide groups is 1. The summed E-state index contributed by atoms with van der Waals surface area (Å²) in [5, 5.41) is 11.4. The van der Waals surface area contributed by atoms with Gasteiger partial charge in [0, 0.05) is 13.8 Å². The Balaban J connectivity index is 5.43. The number of carbonyl (C=O) groups is 5. The quantitative estimate of drug-likeness (QED) is 0.356. The number of carbonyl (C=O) groups excluding carboxylic acids is 4. The third-order valence-electron chi connectivity index (χ3n) is 3.64. The SMILES string of the molecule is [2H]N(C(=O)[C@H](CCCCN)N(C(C)=O)C(C)=O)[C@H](C)C(=O)N[C@@H](C)C(=O)O. The van der Waals surface area contributed by atoms with Crippen molar-refractivity contribution >= 4 is 29.6 Å². The highest BCUT2D eigenvalue weighted by Crippen LogP contribution is 2.11. The molecule has 148 valence electrons. The van der Waals surface area contributed by atoms with E-state index in [4.69, 9.17) is 12.3 Å². The number of aliphatic carboxylic acids is 1. The molecule has 10 nitrogen and oxygen atoms in total. The molecule has 0 rings (SSSR count). The number of unbranched alkanes of at least 4 members (excludes halogenated alkanes) is 1. The zero-order chi connectivity index (χ0) is 21.3. The Morgan fingerprint density at radius 1 is 1.04 bits per heavy atom. The number of carboxylic acids is 1. The monoisotopic (exact) mass is 373 g/mol. The van der Waals surface area contributed by atoms with Crippen molar-refractivity contribution in [3.63, 3.8) is 0 Å². The fraction of sp³-hybridized carbons (Fsp3) is 0.688. The summed E-state index contributed by atoms with van der Waals surface area (Å²) in [4.78, 5) is 60.0. The third-order valence-corrected chi connectivity index (χ3v) is 3.64. The van der Waals surface area contributed by atoms with Crippen LogP contribution in [0.2, 0.25) is 1.41 Å². The lowest BCUT2D eigenvalue weighted by Crippen LogP contribution is -2.56. The molecule has 0 aromatic rings. The van der Waals surface area contributed by atoms with E-state index in [2.05, 4.69) is 5.32 Å². The Hall–Kier alpha value is -2.49. The zero-order valence-electron chi connectivity index (χ0n) is 16.5. The lowest BCUT2D eigenvalue weighted by Gasteiger charge is -2.28. The van der Waals surface area contributed by atoms with Crippen LogP contribution in [0.3, 0.4) is 0 Å². The van der Waals surface area contributed by atoms with Crippen molar-refractivity contribution in [1.29, 1.82) is 0 Å². The summed E-state index contributed by atoms with van der Waals surface area (Å²) < 4.78 is 7.95. The number of rotatable bonds is 10. The summed E-state index contributed by atoms with van der Waals surface area (Å²) in [7, 11) is 0. The highest BCUT2D eigenvalue weighted by molar-refractivity contribution is 5.99. The zero-order valence-corrected chi connectivity index (χ0v) is 15.5. The van der Waals surface area contributed by atoms with Gasteiger partial charge in [0.1, 0.15) is 18.1 Å². The van der Waals surface area contributed by atoms with Crippen molar-refractivity contribution in [3.8, 4) is 0 Å². The van der Waals surface area contributed by atoms with Gasteiger partial charge in [-0.15, -0.1) is 0 Å². The molecule has 0 aliphatic heterocycles. The molecule has 0 saturated carbocycles. The van der Waals surface area contributed by atoms with Gasteiger partial charge in [0.15, 0.2) is 1.41 Å². The van der Waals surface area contributed by atoms with Crippen molar-refractivity contribution in [2.75, 3.05) is 6.54 Å². The van der Waals surface area contributed by atoms with Gasteiger partial charge in [0.2, 0.25) is 23.6 Å². The first-order valence-electron chi connectivity index (χ1n) is 8.75. The fourth-order valence-corrected chi connectivity index (χ4v) is 2.24. The normalized spacial score (nSPS) is 14.4. The maximum absolute atomic E-state index is 12.7. The van der Waals surface area contributed by atoms with Crippen LogP contribution in [0.5, 0.6) is 0 Å². The maximum atomic E-state index is 12.7. The van der Waals surface area contributed by atoms with Crippen LogP contribution in [0, 0.1) is 0 Å². The van der Waals surface area contributed by atoms with Gasteiger partial charge in [0.05, 0.1) is 0 Å². The second-order valence-corrected chi connectivity index (χ2v) is 5.92. The molecule has 3 atom stereocenters.